The number of ketones is 1. The quantitative estimate of drug-likeness (QED) is 0.318. The molecule has 0 fully saturated rings. The number of carbonyl (C=O) groups is 2. The minimum absolute atomic E-state index is 0.0381. The van der Waals surface area contributed by atoms with Crippen molar-refractivity contribution in [3.63, 3.8) is 0 Å². The molecular weight excluding hydrogens is 458 g/mol. The zero-order valence-electron chi connectivity index (χ0n) is 19.1. The van der Waals surface area contributed by atoms with Crippen LogP contribution in [0.15, 0.2) is 77.7 Å². The number of benzene rings is 3. The summed E-state index contributed by atoms with van der Waals surface area (Å²) in [6.07, 6.45) is 0. The number of anilines is 1. The van der Waals surface area contributed by atoms with Crippen LogP contribution in [0.25, 0.3) is 0 Å². The fourth-order valence-electron chi connectivity index (χ4n) is 3.28. The maximum absolute atomic E-state index is 13.1. The third-order valence-electron chi connectivity index (χ3n) is 5.05. The van der Waals surface area contributed by atoms with E-state index in [4.69, 9.17) is 14.2 Å². The number of para-hydroxylation sites is 1. The second kappa shape index (κ2) is 10.8. The van der Waals surface area contributed by atoms with Gasteiger partial charge in [0.15, 0.2) is 23.9 Å². The molecular formula is C25H25NO7S. The van der Waals surface area contributed by atoms with Crippen molar-refractivity contribution in [3.05, 3.63) is 83.9 Å². The zero-order chi connectivity index (χ0) is 24.7. The third kappa shape index (κ3) is 5.37. The van der Waals surface area contributed by atoms with E-state index in [1.165, 1.54) is 48.9 Å². The lowest BCUT2D eigenvalue weighted by atomic mass is 10.1. The van der Waals surface area contributed by atoms with Crippen LogP contribution in [0.4, 0.5) is 5.69 Å². The van der Waals surface area contributed by atoms with Crippen LogP contribution in [-0.2, 0) is 14.8 Å². The SMILES string of the molecule is CCN(c1ccccc1)S(=O)(=O)c1ccc(C(=O)OCC(=O)c2ccc(OC)c(OC)c2)cc1. The summed E-state index contributed by atoms with van der Waals surface area (Å²) in [5.74, 6) is -0.309. The van der Waals surface area contributed by atoms with Crippen molar-refractivity contribution in [2.45, 2.75) is 11.8 Å². The van der Waals surface area contributed by atoms with Gasteiger partial charge >= 0.3 is 5.97 Å². The molecule has 0 saturated carbocycles. The Morgan fingerprint density at radius 2 is 1.44 bits per heavy atom. The predicted octanol–water partition coefficient (Wildman–Crippen LogP) is 3.96. The van der Waals surface area contributed by atoms with Gasteiger partial charge in [0.05, 0.1) is 30.4 Å². The van der Waals surface area contributed by atoms with E-state index in [1.54, 1.807) is 49.4 Å². The summed E-state index contributed by atoms with van der Waals surface area (Å²) in [6, 6.07) is 18.8. The van der Waals surface area contributed by atoms with Crippen LogP contribution in [0.1, 0.15) is 27.6 Å². The predicted molar refractivity (Wildman–Crippen MR) is 127 cm³/mol. The normalized spacial score (nSPS) is 10.9. The minimum Gasteiger partial charge on any atom is -0.493 e. The Morgan fingerprint density at radius 1 is 0.824 bits per heavy atom. The van der Waals surface area contributed by atoms with Gasteiger partial charge < -0.3 is 14.2 Å². The van der Waals surface area contributed by atoms with Gasteiger partial charge in [-0.3, -0.25) is 9.10 Å². The number of rotatable bonds is 10. The molecule has 0 aromatic heterocycles. The minimum atomic E-state index is -3.82. The monoisotopic (exact) mass is 483 g/mol. The summed E-state index contributed by atoms with van der Waals surface area (Å²) < 4.78 is 42.8. The van der Waals surface area contributed by atoms with Gasteiger partial charge in [-0.05, 0) is 61.5 Å². The lowest BCUT2D eigenvalue weighted by molar-refractivity contribution is 0.0474. The van der Waals surface area contributed by atoms with E-state index in [1.807, 2.05) is 0 Å². The van der Waals surface area contributed by atoms with Crippen molar-refractivity contribution < 1.29 is 32.2 Å². The van der Waals surface area contributed by atoms with Crippen LogP contribution < -0.4 is 13.8 Å². The van der Waals surface area contributed by atoms with E-state index >= 15 is 0 Å². The Bertz CT molecular complexity index is 1260. The van der Waals surface area contributed by atoms with Gasteiger partial charge in [-0.15, -0.1) is 0 Å². The average molecular weight is 484 g/mol. The van der Waals surface area contributed by atoms with Gasteiger partial charge in [-0.2, -0.15) is 0 Å². The molecule has 9 heteroatoms. The number of hydrogen-bond acceptors (Lipinski definition) is 7. The number of hydrogen-bond donors (Lipinski definition) is 0. The van der Waals surface area contributed by atoms with E-state index in [0.29, 0.717) is 22.7 Å². The fourth-order valence-corrected chi connectivity index (χ4v) is 4.76. The summed E-state index contributed by atoms with van der Waals surface area (Å²) in [4.78, 5) is 24.9. The highest BCUT2D eigenvalue weighted by Gasteiger charge is 2.24. The molecule has 0 heterocycles. The summed E-state index contributed by atoms with van der Waals surface area (Å²) in [5, 5.41) is 0. The van der Waals surface area contributed by atoms with Crippen LogP contribution in [0.3, 0.4) is 0 Å². The molecule has 0 aliphatic rings. The highest BCUT2D eigenvalue weighted by Crippen LogP contribution is 2.28. The number of esters is 1. The van der Waals surface area contributed by atoms with Gasteiger partial charge in [0, 0.05) is 12.1 Å². The number of sulfonamides is 1. The van der Waals surface area contributed by atoms with Gasteiger partial charge in [-0.1, -0.05) is 18.2 Å². The summed E-state index contributed by atoms with van der Waals surface area (Å²) in [6.45, 7) is 1.51. The van der Waals surface area contributed by atoms with E-state index in [2.05, 4.69) is 0 Å². The Hall–Kier alpha value is -3.85. The van der Waals surface area contributed by atoms with Crippen molar-refractivity contribution in [1.29, 1.82) is 0 Å². The van der Waals surface area contributed by atoms with E-state index in [9.17, 15) is 18.0 Å². The zero-order valence-corrected chi connectivity index (χ0v) is 19.9. The second-order valence-corrected chi connectivity index (χ2v) is 8.96. The van der Waals surface area contributed by atoms with Crippen LogP contribution >= 0.6 is 0 Å². The van der Waals surface area contributed by atoms with Gasteiger partial charge in [0.2, 0.25) is 0 Å². The number of methoxy groups -OCH3 is 2. The molecule has 0 N–H and O–H groups in total. The molecule has 0 saturated heterocycles. The summed E-state index contributed by atoms with van der Waals surface area (Å²) in [7, 11) is -0.877. The summed E-state index contributed by atoms with van der Waals surface area (Å²) >= 11 is 0. The van der Waals surface area contributed by atoms with Crippen molar-refractivity contribution in [1.82, 2.24) is 0 Å². The van der Waals surface area contributed by atoms with Crippen molar-refractivity contribution in [2.75, 3.05) is 31.7 Å². The highest BCUT2D eigenvalue weighted by atomic mass is 32.2. The van der Waals surface area contributed by atoms with E-state index in [-0.39, 0.29) is 17.0 Å². The van der Waals surface area contributed by atoms with Crippen LogP contribution in [0.2, 0.25) is 0 Å². The lowest BCUT2D eigenvalue weighted by Gasteiger charge is -2.22. The number of Topliss-reactive ketones (excluding diaryl/α,β-unsaturated/α-hetero) is 1. The van der Waals surface area contributed by atoms with Crippen molar-refractivity contribution in [3.8, 4) is 11.5 Å². The molecule has 0 aliphatic heterocycles. The van der Waals surface area contributed by atoms with Gasteiger partial charge in [0.25, 0.3) is 10.0 Å². The first-order valence-electron chi connectivity index (χ1n) is 10.4. The van der Waals surface area contributed by atoms with Crippen LogP contribution in [0.5, 0.6) is 11.5 Å². The van der Waals surface area contributed by atoms with Gasteiger partial charge in [0.1, 0.15) is 0 Å². The molecule has 3 rings (SSSR count). The maximum Gasteiger partial charge on any atom is 0.338 e. The molecule has 0 unspecified atom stereocenters. The Morgan fingerprint density at radius 3 is 2.03 bits per heavy atom. The first-order valence-corrected chi connectivity index (χ1v) is 11.9. The molecule has 3 aromatic carbocycles. The topological polar surface area (TPSA) is 99.2 Å². The number of ether oxygens (including phenoxy) is 3. The van der Waals surface area contributed by atoms with Crippen molar-refractivity contribution in [2.24, 2.45) is 0 Å². The number of nitrogens with zero attached hydrogens (tertiary/aromatic N) is 1. The standard InChI is InChI=1S/C25H25NO7S/c1-4-26(20-8-6-5-7-9-20)34(29,30)21-13-10-18(11-14-21)25(28)33-17-22(27)19-12-15-23(31-2)24(16-19)32-3/h5-16H,4,17H2,1-3H3. The van der Waals surface area contributed by atoms with E-state index < -0.39 is 28.4 Å². The summed E-state index contributed by atoms with van der Waals surface area (Å²) in [5.41, 5.74) is 0.969. The second-order valence-electron chi connectivity index (χ2n) is 7.10. The molecule has 0 amide bonds. The van der Waals surface area contributed by atoms with E-state index in [0.717, 1.165) is 0 Å². The number of carbonyl (C=O) groups excluding carboxylic acids is 2. The Labute approximate surface area is 198 Å². The average Bonchev–Trinajstić information content (AvgIpc) is 2.87. The molecule has 0 spiro atoms. The van der Waals surface area contributed by atoms with Crippen molar-refractivity contribution >= 4 is 27.5 Å². The van der Waals surface area contributed by atoms with Gasteiger partial charge in [-0.25, -0.2) is 13.2 Å². The highest BCUT2D eigenvalue weighted by molar-refractivity contribution is 7.92. The Balaban J connectivity index is 1.69. The largest absolute Gasteiger partial charge is 0.493 e. The smallest absolute Gasteiger partial charge is 0.338 e. The third-order valence-corrected chi connectivity index (χ3v) is 6.97. The molecule has 0 aliphatic carbocycles. The molecule has 8 nitrogen and oxygen atoms in total. The molecule has 3 aromatic rings. The lowest BCUT2D eigenvalue weighted by Crippen LogP contribution is -2.30. The molecule has 0 radical (unpaired) electrons. The molecule has 178 valence electrons. The first-order chi connectivity index (χ1) is 16.3. The molecule has 34 heavy (non-hydrogen) atoms. The first kappa shape index (κ1) is 24.8. The molecule has 0 atom stereocenters. The molecule has 0 bridgehead atoms. The maximum atomic E-state index is 13.1. The fraction of sp³-hybridized carbons (Fsp3) is 0.200. The van der Waals surface area contributed by atoms with Crippen LogP contribution in [-0.4, -0.2) is 47.5 Å². The Kier molecular flexibility index (Phi) is 7.91. The van der Waals surface area contributed by atoms with Crippen LogP contribution in [0, 0.1) is 0 Å².